The summed E-state index contributed by atoms with van der Waals surface area (Å²) in [7, 11) is 0. The maximum absolute atomic E-state index is 10.9. The highest BCUT2D eigenvalue weighted by atomic mass is 16.5. The van der Waals surface area contributed by atoms with Gasteiger partial charge in [-0.3, -0.25) is 0 Å². The highest BCUT2D eigenvalue weighted by molar-refractivity contribution is 5.42. The van der Waals surface area contributed by atoms with E-state index in [1.54, 1.807) is 0 Å². The molecule has 0 bridgehead atoms. The Bertz CT molecular complexity index is 487. The lowest BCUT2D eigenvalue weighted by Gasteiger charge is -2.32. The third-order valence-corrected chi connectivity index (χ3v) is 4.53. The zero-order valence-electron chi connectivity index (χ0n) is 15.2. The normalized spacial score (nSPS) is 18.9. The molecule has 2 N–H and O–H groups in total. The zero-order chi connectivity index (χ0) is 17.0. The van der Waals surface area contributed by atoms with E-state index in [1.165, 1.54) is 0 Å². The lowest BCUT2D eigenvalue weighted by molar-refractivity contribution is 0.0832. The van der Waals surface area contributed by atoms with Gasteiger partial charge in [0.25, 0.3) is 0 Å². The fourth-order valence-electron chi connectivity index (χ4n) is 3.43. The molecule has 1 aliphatic rings. The lowest BCUT2D eigenvalue weighted by Crippen LogP contribution is -2.45. The molecule has 4 nitrogen and oxygen atoms in total. The van der Waals surface area contributed by atoms with Crippen molar-refractivity contribution in [3.8, 4) is 5.75 Å². The maximum Gasteiger partial charge on any atom is 0.120 e. The first-order valence-electron chi connectivity index (χ1n) is 8.77. The van der Waals surface area contributed by atoms with Gasteiger partial charge < -0.3 is 20.1 Å². The Balaban J connectivity index is 2.09. The smallest absolute Gasteiger partial charge is 0.120 e. The quantitative estimate of drug-likeness (QED) is 0.846. The minimum Gasteiger partial charge on any atom is -0.491 e. The summed E-state index contributed by atoms with van der Waals surface area (Å²) in [5.74, 6) is 1.10. The van der Waals surface area contributed by atoms with Crippen molar-refractivity contribution in [3.05, 3.63) is 28.8 Å². The predicted molar refractivity (Wildman–Crippen MR) is 95.1 cm³/mol. The fourth-order valence-corrected chi connectivity index (χ4v) is 3.43. The van der Waals surface area contributed by atoms with E-state index in [2.05, 4.69) is 31.0 Å². The molecule has 0 amide bonds. The number of hydrogen-bond donors (Lipinski definition) is 2. The van der Waals surface area contributed by atoms with E-state index in [0.29, 0.717) is 0 Å². The van der Waals surface area contributed by atoms with E-state index >= 15 is 0 Å². The van der Waals surface area contributed by atoms with Gasteiger partial charge in [0.1, 0.15) is 5.75 Å². The first-order chi connectivity index (χ1) is 10.9. The van der Waals surface area contributed by atoms with Crippen molar-refractivity contribution in [2.24, 2.45) is 5.92 Å². The van der Waals surface area contributed by atoms with Gasteiger partial charge in [-0.05, 0) is 62.4 Å². The molecule has 2 unspecified atom stereocenters. The number of rotatable bonds is 6. The molecule has 4 heteroatoms. The Hall–Kier alpha value is -1.10. The van der Waals surface area contributed by atoms with E-state index < -0.39 is 6.10 Å². The summed E-state index contributed by atoms with van der Waals surface area (Å²) < 4.78 is 5.80. The second kappa shape index (κ2) is 8.13. The van der Waals surface area contributed by atoms with Crippen molar-refractivity contribution in [1.82, 2.24) is 10.2 Å². The van der Waals surface area contributed by atoms with Crippen LogP contribution in [0.4, 0.5) is 0 Å². The highest BCUT2D eigenvalue weighted by Crippen LogP contribution is 2.31. The van der Waals surface area contributed by atoms with Crippen molar-refractivity contribution >= 4 is 0 Å². The van der Waals surface area contributed by atoms with Crippen LogP contribution in [0, 0.1) is 19.8 Å². The fraction of sp³-hybridized carbons (Fsp3) is 0.684. The first-order valence-corrected chi connectivity index (χ1v) is 8.77. The zero-order valence-corrected chi connectivity index (χ0v) is 15.2. The van der Waals surface area contributed by atoms with E-state index in [1.807, 2.05) is 26.0 Å². The van der Waals surface area contributed by atoms with Crippen LogP contribution in [0.1, 0.15) is 43.6 Å². The van der Waals surface area contributed by atoms with Crippen LogP contribution < -0.4 is 10.1 Å². The second-order valence-electron chi connectivity index (χ2n) is 7.11. The standard InChI is InChI=1S/C19H32N2O2/c1-13(2)23-17-10-14(3)18(15(4)11-17)19(22)16(5)12-21-8-6-20-7-9-21/h10-11,13,16,19-20,22H,6-9,12H2,1-5H3. The number of piperazine rings is 1. The molecule has 0 saturated carbocycles. The molecule has 1 aromatic carbocycles. The van der Waals surface area contributed by atoms with Crippen LogP contribution in [0.25, 0.3) is 0 Å². The van der Waals surface area contributed by atoms with Crippen LogP contribution in [-0.2, 0) is 0 Å². The molecule has 0 aromatic heterocycles. The third kappa shape index (κ3) is 4.93. The third-order valence-electron chi connectivity index (χ3n) is 4.53. The van der Waals surface area contributed by atoms with Crippen molar-refractivity contribution in [1.29, 1.82) is 0 Å². The molecule has 0 spiro atoms. The number of nitrogens with one attached hydrogen (secondary N) is 1. The monoisotopic (exact) mass is 320 g/mol. The summed E-state index contributed by atoms with van der Waals surface area (Å²) in [6.45, 7) is 15.5. The van der Waals surface area contributed by atoms with Gasteiger partial charge >= 0.3 is 0 Å². The summed E-state index contributed by atoms with van der Waals surface area (Å²) in [6.07, 6.45) is -0.269. The maximum atomic E-state index is 10.9. The van der Waals surface area contributed by atoms with Gasteiger partial charge in [0.2, 0.25) is 0 Å². The van der Waals surface area contributed by atoms with Gasteiger partial charge in [-0.15, -0.1) is 0 Å². The largest absolute Gasteiger partial charge is 0.491 e. The van der Waals surface area contributed by atoms with Crippen molar-refractivity contribution in [2.45, 2.75) is 46.8 Å². The number of nitrogens with zero attached hydrogens (tertiary/aromatic N) is 1. The molecule has 2 rings (SSSR count). The van der Waals surface area contributed by atoms with E-state index in [-0.39, 0.29) is 12.0 Å². The molecular formula is C19H32N2O2. The van der Waals surface area contributed by atoms with Crippen molar-refractivity contribution < 1.29 is 9.84 Å². The lowest BCUT2D eigenvalue weighted by atomic mass is 9.90. The molecule has 1 fully saturated rings. The molecule has 130 valence electrons. The molecule has 2 atom stereocenters. The Morgan fingerprint density at radius 3 is 2.22 bits per heavy atom. The number of aliphatic hydroxyl groups is 1. The van der Waals surface area contributed by atoms with Crippen LogP contribution in [0.5, 0.6) is 5.75 Å². The van der Waals surface area contributed by atoms with Crippen molar-refractivity contribution in [3.63, 3.8) is 0 Å². The molecule has 1 aromatic rings. The van der Waals surface area contributed by atoms with Gasteiger partial charge in [0.15, 0.2) is 0 Å². The predicted octanol–water partition coefficient (Wildman–Crippen LogP) is 2.67. The van der Waals surface area contributed by atoms with Gasteiger partial charge in [0, 0.05) is 32.7 Å². The van der Waals surface area contributed by atoms with Crippen LogP contribution in [0.15, 0.2) is 12.1 Å². The molecule has 1 saturated heterocycles. The number of aliphatic hydroxyl groups excluding tert-OH is 1. The molecular weight excluding hydrogens is 288 g/mol. The number of benzene rings is 1. The Kier molecular flexibility index (Phi) is 6.45. The van der Waals surface area contributed by atoms with Crippen LogP contribution in [-0.4, -0.2) is 48.8 Å². The number of hydrogen-bond acceptors (Lipinski definition) is 4. The second-order valence-corrected chi connectivity index (χ2v) is 7.11. The number of aryl methyl sites for hydroxylation is 2. The summed E-state index contributed by atoms with van der Waals surface area (Å²) in [5, 5.41) is 14.2. The van der Waals surface area contributed by atoms with Gasteiger partial charge in [-0.25, -0.2) is 0 Å². The average Bonchev–Trinajstić information content (AvgIpc) is 2.46. The molecule has 1 aliphatic heterocycles. The van der Waals surface area contributed by atoms with Gasteiger partial charge in [-0.2, -0.15) is 0 Å². The summed E-state index contributed by atoms with van der Waals surface area (Å²) in [6, 6.07) is 4.09. The Morgan fingerprint density at radius 2 is 1.70 bits per heavy atom. The van der Waals surface area contributed by atoms with Crippen molar-refractivity contribution in [2.75, 3.05) is 32.7 Å². The Morgan fingerprint density at radius 1 is 1.13 bits per heavy atom. The molecule has 0 radical (unpaired) electrons. The molecule has 1 heterocycles. The first kappa shape index (κ1) is 18.2. The van der Waals surface area contributed by atoms with E-state index in [9.17, 15) is 5.11 Å². The summed E-state index contributed by atoms with van der Waals surface area (Å²) in [4.78, 5) is 2.44. The Labute approximate surface area is 140 Å². The van der Waals surface area contributed by atoms with Gasteiger partial charge in [-0.1, -0.05) is 6.92 Å². The van der Waals surface area contributed by atoms with E-state index in [0.717, 1.165) is 55.2 Å². The number of ether oxygens (including phenoxy) is 1. The van der Waals surface area contributed by atoms with E-state index in [4.69, 9.17) is 4.74 Å². The topological polar surface area (TPSA) is 44.7 Å². The van der Waals surface area contributed by atoms with Crippen LogP contribution in [0.2, 0.25) is 0 Å². The summed E-state index contributed by atoms with van der Waals surface area (Å²) in [5.41, 5.74) is 3.28. The summed E-state index contributed by atoms with van der Waals surface area (Å²) >= 11 is 0. The SMILES string of the molecule is Cc1cc(OC(C)C)cc(C)c1C(O)C(C)CN1CCNCC1. The van der Waals surface area contributed by atoms with Gasteiger partial charge in [0.05, 0.1) is 12.2 Å². The average molecular weight is 320 g/mol. The van der Waals surface area contributed by atoms with Crippen LogP contribution in [0.3, 0.4) is 0 Å². The highest BCUT2D eigenvalue weighted by Gasteiger charge is 2.23. The minimum atomic E-state index is -0.432. The minimum absolute atomic E-state index is 0.163. The van der Waals surface area contributed by atoms with Crippen LogP contribution >= 0.6 is 0 Å². The molecule has 0 aliphatic carbocycles. The molecule has 23 heavy (non-hydrogen) atoms.